The van der Waals surface area contributed by atoms with Gasteiger partial charge in [0.1, 0.15) is 0 Å². The number of hydrogen-bond acceptors (Lipinski definition) is 2. The Labute approximate surface area is 49.0 Å². The van der Waals surface area contributed by atoms with Gasteiger partial charge in [-0.05, 0) is 12.3 Å². The second-order valence-corrected chi connectivity index (χ2v) is 2.17. The van der Waals surface area contributed by atoms with Gasteiger partial charge in [0.05, 0.1) is 6.10 Å². The molecule has 0 aromatic heterocycles. The number of aliphatic hydroxyl groups is 1. The van der Waals surface area contributed by atoms with E-state index in [1.54, 1.807) is 0 Å². The topological polar surface area (TPSA) is 46.2 Å². The Morgan fingerprint density at radius 1 is 1.62 bits per heavy atom. The number of nitrogens with two attached hydrogens (primary N) is 1. The zero-order valence-corrected chi connectivity index (χ0v) is 4.75. The number of rotatable bonds is 3. The zero-order chi connectivity index (χ0) is 5.98. The van der Waals surface area contributed by atoms with Crippen molar-refractivity contribution in [2.75, 3.05) is 6.54 Å². The lowest BCUT2D eigenvalue weighted by Gasteiger charge is -2.03. The van der Waals surface area contributed by atoms with Crippen LogP contribution in [0, 0.1) is 5.92 Å². The Morgan fingerprint density at radius 2 is 2.25 bits per heavy atom. The van der Waals surface area contributed by atoms with E-state index in [0.717, 1.165) is 6.42 Å². The summed E-state index contributed by atoms with van der Waals surface area (Å²) in [5.41, 5.74) is 5.17. The largest absolute Gasteiger partial charge is 0.392 e. The van der Waals surface area contributed by atoms with E-state index in [0.29, 0.717) is 12.5 Å². The van der Waals surface area contributed by atoms with E-state index < -0.39 is 0 Å². The number of allylic oxidation sites excluding steroid dienone is 2. The maximum absolute atomic E-state index is 8.90. The van der Waals surface area contributed by atoms with E-state index >= 15 is 0 Å². The van der Waals surface area contributed by atoms with Crippen LogP contribution in [0.4, 0.5) is 0 Å². The van der Waals surface area contributed by atoms with Crippen LogP contribution in [-0.2, 0) is 0 Å². The molecule has 0 aromatic carbocycles. The summed E-state index contributed by atoms with van der Waals surface area (Å²) in [6.07, 6.45) is 4.66. The van der Waals surface area contributed by atoms with Gasteiger partial charge in [-0.15, -0.1) is 0 Å². The second kappa shape index (κ2) is 2.29. The first-order valence-corrected chi connectivity index (χ1v) is 2.89. The summed E-state index contributed by atoms with van der Waals surface area (Å²) in [6, 6.07) is 0. The van der Waals surface area contributed by atoms with Gasteiger partial charge < -0.3 is 10.8 Å². The van der Waals surface area contributed by atoms with Crippen molar-refractivity contribution in [3.8, 4) is 0 Å². The molecule has 0 saturated carbocycles. The lowest BCUT2D eigenvalue weighted by molar-refractivity contribution is 0.168. The van der Waals surface area contributed by atoms with Crippen molar-refractivity contribution in [2.45, 2.75) is 12.5 Å². The molecule has 1 aliphatic carbocycles. The Morgan fingerprint density at radius 3 is 2.62 bits per heavy atom. The molecule has 1 unspecified atom stereocenters. The van der Waals surface area contributed by atoms with Gasteiger partial charge in [0.25, 0.3) is 0 Å². The summed E-state index contributed by atoms with van der Waals surface area (Å²) in [5.74, 6) is 0.550. The van der Waals surface area contributed by atoms with Crippen LogP contribution in [0.25, 0.3) is 0 Å². The summed E-state index contributed by atoms with van der Waals surface area (Å²) in [6.45, 7) is 0.387. The van der Waals surface area contributed by atoms with E-state index in [1.807, 2.05) is 0 Å². The van der Waals surface area contributed by atoms with E-state index in [9.17, 15) is 0 Å². The maximum atomic E-state index is 8.90. The first-order chi connectivity index (χ1) is 3.83. The van der Waals surface area contributed by atoms with Crippen molar-refractivity contribution in [2.24, 2.45) is 11.7 Å². The third kappa shape index (κ3) is 1.64. The van der Waals surface area contributed by atoms with Crippen LogP contribution in [-0.4, -0.2) is 17.8 Å². The average molecular weight is 113 g/mol. The van der Waals surface area contributed by atoms with E-state index in [2.05, 4.69) is 12.2 Å². The Bertz CT molecular complexity index is 94.7. The quantitative estimate of drug-likeness (QED) is 0.501. The second-order valence-electron chi connectivity index (χ2n) is 2.17. The molecule has 1 aliphatic rings. The molecule has 0 amide bonds. The molecule has 0 bridgehead atoms. The van der Waals surface area contributed by atoms with Crippen molar-refractivity contribution < 1.29 is 5.11 Å². The smallest absolute Gasteiger partial charge is 0.0671 e. The normalized spacial score (nSPS) is 21.2. The highest BCUT2D eigenvalue weighted by molar-refractivity contribution is 5.13. The van der Waals surface area contributed by atoms with Crippen LogP contribution in [0.15, 0.2) is 12.2 Å². The lowest BCUT2D eigenvalue weighted by Crippen LogP contribution is -2.20. The molecular formula is C6H11NO. The van der Waals surface area contributed by atoms with Gasteiger partial charge in [0.15, 0.2) is 0 Å². The summed E-state index contributed by atoms with van der Waals surface area (Å²) < 4.78 is 0. The lowest BCUT2D eigenvalue weighted by atomic mass is 10.2. The van der Waals surface area contributed by atoms with Crippen molar-refractivity contribution in [3.63, 3.8) is 0 Å². The zero-order valence-electron chi connectivity index (χ0n) is 4.75. The highest BCUT2D eigenvalue weighted by Gasteiger charge is 2.14. The van der Waals surface area contributed by atoms with Crippen LogP contribution in [0.2, 0.25) is 0 Å². The van der Waals surface area contributed by atoms with Crippen molar-refractivity contribution in [1.82, 2.24) is 0 Å². The molecule has 1 atom stereocenters. The molecule has 3 N–H and O–H groups in total. The van der Waals surface area contributed by atoms with Gasteiger partial charge in [0, 0.05) is 6.54 Å². The van der Waals surface area contributed by atoms with Crippen molar-refractivity contribution in [3.05, 3.63) is 12.2 Å². The molecule has 1 rings (SSSR count). The molecule has 0 fully saturated rings. The van der Waals surface area contributed by atoms with Gasteiger partial charge in [-0.1, -0.05) is 12.2 Å². The SMILES string of the molecule is NCC(O)CC1C=C1. The fourth-order valence-electron chi connectivity index (χ4n) is 0.646. The summed E-state index contributed by atoms with van der Waals surface area (Å²) in [5, 5.41) is 8.90. The van der Waals surface area contributed by atoms with E-state index in [-0.39, 0.29) is 6.10 Å². The predicted octanol–water partition coefficient (Wildman–Crippen LogP) is -0.118. The molecule has 0 heterocycles. The molecule has 0 spiro atoms. The van der Waals surface area contributed by atoms with Gasteiger partial charge in [-0.3, -0.25) is 0 Å². The predicted molar refractivity (Wildman–Crippen MR) is 32.3 cm³/mol. The molecular weight excluding hydrogens is 102 g/mol. The Hall–Kier alpha value is -0.340. The van der Waals surface area contributed by atoms with Gasteiger partial charge in [-0.2, -0.15) is 0 Å². The first-order valence-electron chi connectivity index (χ1n) is 2.89. The molecule has 0 saturated heterocycles. The van der Waals surface area contributed by atoms with Gasteiger partial charge >= 0.3 is 0 Å². The molecule has 0 aromatic rings. The fourth-order valence-corrected chi connectivity index (χ4v) is 0.646. The van der Waals surface area contributed by atoms with Crippen molar-refractivity contribution in [1.29, 1.82) is 0 Å². The monoisotopic (exact) mass is 113 g/mol. The Kier molecular flexibility index (Phi) is 1.65. The minimum Gasteiger partial charge on any atom is -0.392 e. The maximum Gasteiger partial charge on any atom is 0.0671 e. The minimum absolute atomic E-state index is 0.296. The van der Waals surface area contributed by atoms with Crippen LogP contribution < -0.4 is 5.73 Å². The Balaban J connectivity index is 1.99. The van der Waals surface area contributed by atoms with Gasteiger partial charge in [-0.25, -0.2) is 0 Å². The van der Waals surface area contributed by atoms with E-state index in [4.69, 9.17) is 10.8 Å². The molecule has 0 radical (unpaired) electrons. The fraction of sp³-hybridized carbons (Fsp3) is 0.667. The molecule has 2 nitrogen and oxygen atoms in total. The van der Waals surface area contributed by atoms with Crippen molar-refractivity contribution >= 4 is 0 Å². The first kappa shape index (κ1) is 5.79. The standard InChI is InChI=1S/C6H11NO/c7-4-6(8)3-5-1-2-5/h1-2,5-6,8H,3-4,7H2. The molecule has 0 aliphatic heterocycles. The summed E-state index contributed by atoms with van der Waals surface area (Å²) >= 11 is 0. The highest BCUT2D eigenvalue weighted by Crippen LogP contribution is 2.21. The molecule has 8 heavy (non-hydrogen) atoms. The van der Waals surface area contributed by atoms with Crippen LogP contribution in [0.3, 0.4) is 0 Å². The average Bonchev–Trinajstić information content (AvgIpc) is 2.50. The highest BCUT2D eigenvalue weighted by atomic mass is 16.3. The van der Waals surface area contributed by atoms with Crippen LogP contribution in [0.1, 0.15) is 6.42 Å². The minimum atomic E-state index is -0.296. The van der Waals surface area contributed by atoms with Gasteiger partial charge in [0.2, 0.25) is 0 Å². The number of aliphatic hydroxyl groups excluding tert-OH is 1. The molecule has 2 heteroatoms. The molecule has 46 valence electrons. The summed E-state index contributed by atoms with van der Waals surface area (Å²) in [7, 11) is 0. The third-order valence-corrected chi connectivity index (χ3v) is 1.28. The number of hydrogen-bond donors (Lipinski definition) is 2. The third-order valence-electron chi connectivity index (χ3n) is 1.28. The summed E-state index contributed by atoms with van der Waals surface area (Å²) in [4.78, 5) is 0. The van der Waals surface area contributed by atoms with E-state index in [1.165, 1.54) is 0 Å². The van der Waals surface area contributed by atoms with Crippen LogP contribution >= 0.6 is 0 Å². The van der Waals surface area contributed by atoms with Crippen LogP contribution in [0.5, 0.6) is 0 Å².